The summed E-state index contributed by atoms with van der Waals surface area (Å²) in [6.45, 7) is 25.3. The van der Waals surface area contributed by atoms with E-state index in [4.69, 9.17) is 0 Å². The standard InChI is InChI=1S/C29H37B/c1-16-12-18(3)27(19(4)13-16)30(28-20(5)14-17(2)15-21(28)6)29-25(10)23(8)22(7)24(9)26(29)11/h12-15H,1-11H3. The molecule has 0 bridgehead atoms. The van der Waals surface area contributed by atoms with Gasteiger partial charge in [0.2, 0.25) is 6.71 Å². The highest BCUT2D eigenvalue weighted by atomic mass is 14.2. The Morgan fingerprint density at radius 3 is 0.933 bits per heavy atom. The molecule has 0 nitrogen and oxygen atoms in total. The van der Waals surface area contributed by atoms with Gasteiger partial charge in [-0.2, -0.15) is 0 Å². The van der Waals surface area contributed by atoms with Crippen molar-refractivity contribution in [2.75, 3.05) is 0 Å². The van der Waals surface area contributed by atoms with E-state index in [2.05, 4.69) is 100 Å². The maximum absolute atomic E-state index is 2.35. The van der Waals surface area contributed by atoms with E-state index in [9.17, 15) is 0 Å². The third-order valence-corrected chi connectivity index (χ3v) is 7.40. The van der Waals surface area contributed by atoms with Gasteiger partial charge in [0.05, 0.1) is 0 Å². The highest BCUT2D eigenvalue weighted by Crippen LogP contribution is 2.22. The monoisotopic (exact) mass is 396 g/mol. The number of hydrogen-bond acceptors (Lipinski definition) is 0. The largest absolute Gasteiger partial charge is 0.243 e. The molecule has 0 amide bonds. The van der Waals surface area contributed by atoms with Crippen molar-refractivity contribution in [1.29, 1.82) is 0 Å². The van der Waals surface area contributed by atoms with E-state index < -0.39 is 0 Å². The fourth-order valence-corrected chi connectivity index (χ4v) is 5.69. The van der Waals surface area contributed by atoms with E-state index >= 15 is 0 Å². The summed E-state index contributed by atoms with van der Waals surface area (Å²) < 4.78 is 0. The summed E-state index contributed by atoms with van der Waals surface area (Å²) in [6, 6.07) is 9.42. The van der Waals surface area contributed by atoms with Crippen LogP contribution >= 0.6 is 0 Å². The number of hydrogen-bond donors (Lipinski definition) is 0. The van der Waals surface area contributed by atoms with E-state index in [-0.39, 0.29) is 6.71 Å². The van der Waals surface area contributed by atoms with Gasteiger partial charge in [-0.15, -0.1) is 0 Å². The first kappa shape index (κ1) is 22.4. The molecule has 30 heavy (non-hydrogen) atoms. The summed E-state index contributed by atoms with van der Waals surface area (Å²) in [4.78, 5) is 0. The van der Waals surface area contributed by atoms with Crippen LogP contribution in [0, 0.1) is 76.2 Å². The summed E-state index contributed by atoms with van der Waals surface area (Å²) in [6.07, 6.45) is 0. The van der Waals surface area contributed by atoms with E-state index in [1.807, 2.05) is 0 Å². The fourth-order valence-electron chi connectivity index (χ4n) is 5.69. The SMILES string of the molecule is Cc1cc(C)c(B(c2c(C)cc(C)cc2C)c2c(C)c(C)c(C)c(C)c2C)c(C)c1. The van der Waals surface area contributed by atoms with Crippen LogP contribution in [0.5, 0.6) is 0 Å². The lowest BCUT2D eigenvalue weighted by Crippen LogP contribution is -2.57. The van der Waals surface area contributed by atoms with Crippen molar-refractivity contribution in [3.05, 3.63) is 85.5 Å². The molecule has 3 rings (SSSR count). The van der Waals surface area contributed by atoms with Crippen molar-refractivity contribution >= 4 is 23.1 Å². The van der Waals surface area contributed by atoms with Crippen LogP contribution in [-0.4, -0.2) is 6.71 Å². The van der Waals surface area contributed by atoms with Gasteiger partial charge in [0.1, 0.15) is 0 Å². The van der Waals surface area contributed by atoms with Gasteiger partial charge in [-0.3, -0.25) is 0 Å². The lowest BCUT2D eigenvalue weighted by Gasteiger charge is -2.29. The van der Waals surface area contributed by atoms with Gasteiger partial charge < -0.3 is 0 Å². The molecular formula is C29H37B. The summed E-state index contributed by atoms with van der Waals surface area (Å²) in [5.74, 6) is 0. The summed E-state index contributed by atoms with van der Waals surface area (Å²) in [5.41, 5.74) is 19.9. The molecule has 3 aromatic carbocycles. The van der Waals surface area contributed by atoms with Crippen molar-refractivity contribution < 1.29 is 0 Å². The lowest BCUT2D eigenvalue weighted by molar-refractivity contribution is 1.19. The molecule has 0 unspecified atom stereocenters. The van der Waals surface area contributed by atoms with Crippen LogP contribution in [0.1, 0.15) is 61.2 Å². The first-order valence-corrected chi connectivity index (χ1v) is 11.2. The van der Waals surface area contributed by atoms with Gasteiger partial charge in [-0.05, 0) is 92.9 Å². The van der Waals surface area contributed by atoms with Crippen LogP contribution in [0.4, 0.5) is 0 Å². The van der Waals surface area contributed by atoms with E-state index in [0.717, 1.165) is 0 Å². The first-order chi connectivity index (χ1) is 14.0. The average molecular weight is 396 g/mol. The molecule has 1 heteroatoms. The summed E-state index contributed by atoms with van der Waals surface area (Å²) in [7, 11) is 0. The zero-order valence-corrected chi connectivity index (χ0v) is 20.9. The van der Waals surface area contributed by atoms with Gasteiger partial charge >= 0.3 is 0 Å². The summed E-state index contributed by atoms with van der Waals surface area (Å²) in [5, 5.41) is 0. The first-order valence-electron chi connectivity index (χ1n) is 11.2. The zero-order valence-electron chi connectivity index (χ0n) is 20.9. The molecule has 0 aliphatic rings. The predicted octanol–water partition coefficient (Wildman–Crippen LogP) is 5.60. The smallest absolute Gasteiger partial charge is 0.0629 e. The Bertz CT molecular complexity index is 1010. The fraction of sp³-hybridized carbons (Fsp3) is 0.379. The minimum Gasteiger partial charge on any atom is -0.0629 e. The van der Waals surface area contributed by atoms with Gasteiger partial charge in [-0.25, -0.2) is 0 Å². The third kappa shape index (κ3) is 3.64. The molecule has 0 saturated heterocycles. The molecule has 0 saturated carbocycles. The molecule has 0 aliphatic heterocycles. The Labute approximate surface area is 184 Å². The Morgan fingerprint density at radius 1 is 0.367 bits per heavy atom. The van der Waals surface area contributed by atoms with Crippen LogP contribution < -0.4 is 16.4 Å². The second-order valence-electron chi connectivity index (χ2n) is 9.60. The molecule has 0 spiro atoms. The van der Waals surface area contributed by atoms with Crippen molar-refractivity contribution in [3.63, 3.8) is 0 Å². The van der Waals surface area contributed by atoms with Crippen molar-refractivity contribution in [2.24, 2.45) is 0 Å². The maximum Gasteiger partial charge on any atom is 0.243 e. The van der Waals surface area contributed by atoms with Gasteiger partial charge in [0.25, 0.3) is 0 Å². The minimum atomic E-state index is 0.254. The van der Waals surface area contributed by atoms with Crippen LogP contribution in [0.25, 0.3) is 0 Å². The molecule has 0 N–H and O–H groups in total. The van der Waals surface area contributed by atoms with Crippen LogP contribution in [-0.2, 0) is 0 Å². The Kier molecular flexibility index (Phi) is 6.05. The predicted molar refractivity (Wildman–Crippen MR) is 136 cm³/mol. The molecule has 0 aromatic heterocycles. The van der Waals surface area contributed by atoms with Gasteiger partial charge in [0, 0.05) is 0 Å². The Morgan fingerprint density at radius 2 is 0.633 bits per heavy atom. The van der Waals surface area contributed by atoms with Crippen molar-refractivity contribution in [1.82, 2.24) is 0 Å². The number of rotatable bonds is 3. The second-order valence-corrected chi connectivity index (χ2v) is 9.60. The molecule has 0 aliphatic carbocycles. The molecule has 0 radical (unpaired) electrons. The Balaban J connectivity index is 2.53. The van der Waals surface area contributed by atoms with Gasteiger partial charge in [0.15, 0.2) is 0 Å². The number of aryl methyl sites for hydroxylation is 6. The number of benzene rings is 3. The second kappa shape index (κ2) is 8.10. The van der Waals surface area contributed by atoms with Crippen molar-refractivity contribution in [2.45, 2.75) is 76.2 Å². The molecule has 156 valence electrons. The zero-order chi connectivity index (χ0) is 22.5. The highest BCUT2D eigenvalue weighted by Gasteiger charge is 2.32. The van der Waals surface area contributed by atoms with Gasteiger partial charge in [-0.1, -0.05) is 85.2 Å². The average Bonchev–Trinajstić information content (AvgIpc) is 2.63. The lowest BCUT2D eigenvalue weighted by atomic mass is 9.32. The maximum atomic E-state index is 2.35. The van der Waals surface area contributed by atoms with Crippen LogP contribution in [0.15, 0.2) is 24.3 Å². The Hall–Kier alpha value is -2.28. The molecule has 0 heterocycles. The summed E-state index contributed by atoms with van der Waals surface area (Å²) >= 11 is 0. The van der Waals surface area contributed by atoms with Crippen molar-refractivity contribution in [3.8, 4) is 0 Å². The quantitative estimate of drug-likeness (QED) is 0.506. The molecular weight excluding hydrogens is 359 g/mol. The molecule has 3 aromatic rings. The third-order valence-electron chi connectivity index (χ3n) is 7.40. The topological polar surface area (TPSA) is 0 Å². The molecule has 0 atom stereocenters. The van der Waals surface area contributed by atoms with Crippen LogP contribution in [0.3, 0.4) is 0 Å². The minimum absolute atomic E-state index is 0.254. The van der Waals surface area contributed by atoms with E-state index in [0.29, 0.717) is 0 Å². The van der Waals surface area contributed by atoms with Crippen LogP contribution in [0.2, 0.25) is 0 Å². The normalized spacial score (nSPS) is 11.2. The van der Waals surface area contributed by atoms with E-state index in [1.165, 1.54) is 77.6 Å². The van der Waals surface area contributed by atoms with E-state index in [1.54, 1.807) is 0 Å². The highest BCUT2D eigenvalue weighted by molar-refractivity contribution is 6.97. The molecule has 0 fully saturated rings.